The molecule has 4 heteroatoms. The van der Waals surface area contributed by atoms with Crippen LogP contribution >= 0.6 is 0 Å². The highest BCUT2D eigenvalue weighted by Crippen LogP contribution is 2.42. The third-order valence-electron chi connectivity index (χ3n) is 12.4. The van der Waals surface area contributed by atoms with Crippen LogP contribution in [0.5, 0.6) is 0 Å². The summed E-state index contributed by atoms with van der Waals surface area (Å²) >= 11 is 0. The molecule has 0 spiro atoms. The van der Waals surface area contributed by atoms with E-state index in [2.05, 4.69) is 218 Å². The van der Waals surface area contributed by atoms with Crippen molar-refractivity contribution in [3.63, 3.8) is 0 Å². The Bertz CT molecular complexity index is 3670. The first-order valence-corrected chi connectivity index (χ1v) is 21.9. The second kappa shape index (κ2) is 16.2. The predicted molar refractivity (Wildman–Crippen MR) is 268 cm³/mol. The Hall–Kier alpha value is -8.73. The molecule has 12 aromatic rings. The molecule has 65 heavy (non-hydrogen) atoms. The van der Waals surface area contributed by atoms with Gasteiger partial charge in [-0.2, -0.15) is 0 Å². The van der Waals surface area contributed by atoms with E-state index in [1.54, 1.807) is 0 Å². The van der Waals surface area contributed by atoms with Crippen LogP contribution in [0.1, 0.15) is 0 Å². The molecule has 0 N–H and O–H groups in total. The Morgan fingerprint density at radius 3 is 1.31 bits per heavy atom. The standard InChI is InChI=1S/C61H39N3O/c1-4-15-40(16-5-1)42-33-37-46(38-34-42)59-62-60(53-27-13-25-51-49(23-11-26-52(51)53)44-19-8-3-9-20-44)64-61(63-59)55-29-14-30-56-57(55)54-28-12-24-50(58(54)65-56)45-35-31-43(32-36-45)48-22-10-21-47(39-48)41-17-6-2-7-18-41/h1-39H. The Balaban J connectivity index is 0.989. The molecule has 0 atom stereocenters. The summed E-state index contributed by atoms with van der Waals surface area (Å²) in [6.45, 7) is 0. The van der Waals surface area contributed by atoms with Gasteiger partial charge in [0.25, 0.3) is 0 Å². The van der Waals surface area contributed by atoms with Crippen molar-refractivity contribution in [3.05, 3.63) is 237 Å². The van der Waals surface area contributed by atoms with E-state index in [4.69, 9.17) is 19.4 Å². The number of para-hydroxylation sites is 1. The molecule has 0 unspecified atom stereocenters. The molecule has 2 aromatic heterocycles. The van der Waals surface area contributed by atoms with Crippen molar-refractivity contribution < 1.29 is 4.42 Å². The van der Waals surface area contributed by atoms with Crippen LogP contribution in [0.4, 0.5) is 0 Å². The molecule has 0 amide bonds. The molecule has 304 valence electrons. The van der Waals surface area contributed by atoms with E-state index in [9.17, 15) is 0 Å². The van der Waals surface area contributed by atoms with Gasteiger partial charge in [-0.1, -0.05) is 224 Å². The summed E-state index contributed by atoms with van der Waals surface area (Å²) in [5, 5.41) is 4.17. The Morgan fingerprint density at radius 1 is 0.246 bits per heavy atom. The number of rotatable bonds is 8. The molecule has 0 aliphatic rings. The lowest BCUT2D eigenvalue weighted by atomic mass is 9.95. The van der Waals surface area contributed by atoms with Crippen LogP contribution in [0.3, 0.4) is 0 Å². The SMILES string of the molecule is c1ccc(-c2ccc(-c3nc(-c4cccc5c(-c6ccccc6)cccc45)nc(-c4cccc5oc6c(-c7ccc(-c8cccc(-c9ccccc9)c8)cc7)cccc6c45)n3)cc2)cc1. The molecule has 2 heterocycles. The van der Waals surface area contributed by atoms with Gasteiger partial charge < -0.3 is 4.42 Å². The average molecular weight is 830 g/mol. The number of hydrogen-bond donors (Lipinski definition) is 0. The summed E-state index contributed by atoms with van der Waals surface area (Å²) in [5.41, 5.74) is 15.7. The van der Waals surface area contributed by atoms with Gasteiger partial charge in [0.05, 0.1) is 0 Å². The minimum Gasteiger partial charge on any atom is -0.455 e. The van der Waals surface area contributed by atoms with Gasteiger partial charge in [0, 0.05) is 33.0 Å². The molecular formula is C61H39N3O. The molecule has 0 saturated heterocycles. The topological polar surface area (TPSA) is 51.8 Å². The maximum absolute atomic E-state index is 6.81. The number of benzene rings is 10. The summed E-state index contributed by atoms with van der Waals surface area (Å²) in [5.74, 6) is 1.78. The zero-order valence-electron chi connectivity index (χ0n) is 35.3. The van der Waals surface area contributed by atoms with Crippen LogP contribution in [0.25, 0.3) is 123 Å². The van der Waals surface area contributed by atoms with E-state index in [0.29, 0.717) is 17.5 Å². The summed E-state index contributed by atoms with van der Waals surface area (Å²) < 4.78 is 6.81. The summed E-state index contributed by atoms with van der Waals surface area (Å²) in [6.07, 6.45) is 0. The molecule has 4 nitrogen and oxygen atoms in total. The summed E-state index contributed by atoms with van der Waals surface area (Å²) in [4.78, 5) is 15.8. The fourth-order valence-electron chi connectivity index (χ4n) is 9.18. The summed E-state index contributed by atoms with van der Waals surface area (Å²) in [7, 11) is 0. The largest absolute Gasteiger partial charge is 0.455 e. The second-order valence-electron chi connectivity index (χ2n) is 16.3. The van der Waals surface area contributed by atoms with E-state index in [1.807, 2.05) is 18.2 Å². The van der Waals surface area contributed by atoms with Crippen molar-refractivity contribution in [1.82, 2.24) is 15.0 Å². The van der Waals surface area contributed by atoms with Crippen LogP contribution in [-0.2, 0) is 0 Å². The maximum Gasteiger partial charge on any atom is 0.164 e. The van der Waals surface area contributed by atoms with Gasteiger partial charge in [-0.05, 0) is 73.0 Å². The lowest BCUT2D eigenvalue weighted by molar-refractivity contribution is 0.670. The smallest absolute Gasteiger partial charge is 0.164 e. The van der Waals surface area contributed by atoms with Gasteiger partial charge in [-0.15, -0.1) is 0 Å². The lowest BCUT2D eigenvalue weighted by Crippen LogP contribution is -2.01. The van der Waals surface area contributed by atoms with Crippen LogP contribution < -0.4 is 0 Å². The Labute approximate surface area is 376 Å². The van der Waals surface area contributed by atoms with Crippen LogP contribution in [0.2, 0.25) is 0 Å². The van der Waals surface area contributed by atoms with Crippen molar-refractivity contribution in [2.75, 3.05) is 0 Å². The minimum atomic E-state index is 0.578. The molecular weight excluding hydrogens is 791 g/mol. The van der Waals surface area contributed by atoms with Crippen LogP contribution in [-0.4, -0.2) is 15.0 Å². The van der Waals surface area contributed by atoms with Crippen molar-refractivity contribution in [2.45, 2.75) is 0 Å². The minimum absolute atomic E-state index is 0.578. The van der Waals surface area contributed by atoms with Gasteiger partial charge in [-0.25, -0.2) is 15.0 Å². The van der Waals surface area contributed by atoms with Crippen LogP contribution in [0.15, 0.2) is 241 Å². The number of hydrogen-bond acceptors (Lipinski definition) is 4. The quantitative estimate of drug-likeness (QED) is 0.153. The Morgan fingerprint density at radius 2 is 0.646 bits per heavy atom. The first-order chi connectivity index (χ1) is 32.2. The molecule has 0 radical (unpaired) electrons. The van der Waals surface area contributed by atoms with Crippen molar-refractivity contribution in [1.29, 1.82) is 0 Å². The molecule has 0 aliphatic heterocycles. The van der Waals surface area contributed by atoms with E-state index in [-0.39, 0.29) is 0 Å². The van der Waals surface area contributed by atoms with E-state index >= 15 is 0 Å². The van der Waals surface area contributed by atoms with Gasteiger partial charge in [0.2, 0.25) is 0 Å². The number of aromatic nitrogens is 3. The highest BCUT2D eigenvalue weighted by atomic mass is 16.3. The number of fused-ring (bicyclic) bond motifs is 4. The van der Waals surface area contributed by atoms with Crippen molar-refractivity contribution >= 4 is 32.7 Å². The third kappa shape index (κ3) is 7.04. The molecule has 0 bridgehead atoms. The monoisotopic (exact) mass is 829 g/mol. The predicted octanol–water partition coefficient (Wildman–Crippen LogP) is 16.3. The summed E-state index contributed by atoms with van der Waals surface area (Å²) in [6, 6.07) is 82.8. The maximum atomic E-state index is 6.81. The van der Waals surface area contributed by atoms with Gasteiger partial charge in [0.15, 0.2) is 17.5 Å². The van der Waals surface area contributed by atoms with Crippen LogP contribution in [0, 0.1) is 0 Å². The molecule has 0 saturated carbocycles. The van der Waals surface area contributed by atoms with E-state index in [0.717, 1.165) is 88.3 Å². The molecule has 10 aromatic carbocycles. The van der Waals surface area contributed by atoms with Gasteiger partial charge in [0.1, 0.15) is 11.2 Å². The first kappa shape index (κ1) is 38.0. The fourth-order valence-corrected chi connectivity index (χ4v) is 9.18. The lowest BCUT2D eigenvalue weighted by Gasteiger charge is -2.13. The third-order valence-corrected chi connectivity index (χ3v) is 12.4. The Kier molecular flexibility index (Phi) is 9.46. The van der Waals surface area contributed by atoms with Crippen molar-refractivity contribution in [3.8, 4) is 89.8 Å². The molecule has 0 aliphatic carbocycles. The number of nitrogens with zero attached hydrogens (tertiary/aromatic N) is 3. The fraction of sp³-hybridized carbons (Fsp3) is 0. The zero-order valence-corrected chi connectivity index (χ0v) is 35.3. The van der Waals surface area contributed by atoms with Gasteiger partial charge >= 0.3 is 0 Å². The molecule has 12 rings (SSSR count). The highest BCUT2D eigenvalue weighted by Gasteiger charge is 2.21. The zero-order chi connectivity index (χ0) is 43.1. The first-order valence-electron chi connectivity index (χ1n) is 21.9. The van der Waals surface area contributed by atoms with E-state index < -0.39 is 0 Å². The number of furan rings is 1. The molecule has 0 fully saturated rings. The normalized spacial score (nSPS) is 11.4. The highest BCUT2D eigenvalue weighted by molar-refractivity contribution is 6.15. The second-order valence-corrected chi connectivity index (χ2v) is 16.3. The van der Waals surface area contributed by atoms with E-state index in [1.165, 1.54) is 16.7 Å². The van der Waals surface area contributed by atoms with Gasteiger partial charge in [-0.3, -0.25) is 0 Å². The average Bonchev–Trinajstić information content (AvgIpc) is 3.79. The van der Waals surface area contributed by atoms with Crippen molar-refractivity contribution in [2.24, 2.45) is 0 Å².